The van der Waals surface area contributed by atoms with Gasteiger partial charge in [-0.3, -0.25) is 9.78 Å². The first-order chi connectivity index (χ1) is 8.54. The number of nitrogens with zero attached hydrogens (tertiary/aromatic N) is 1. The summed E-state index contributed by atoms with van der Waals surface area (Å²) in [6.07, 6.45) is 1.93. The maximum Gasteiger partial charge on any atom is 0.153 e. The van der Waals surface area contributed by atoms with E-state index in [9.17, 15) is 4.79 Å². The van der Waals surface area contributed by atoms with E-state index >= 15 is 0 Å². The molecule has 18 heavy (non-hydrogen) atoms. The van der Waals surface area contributed by atoms with Gasteiger partial charge in [-0.2, -0.15) is 0 Å². The van der Waals surface area contributed by atoms with Crippen LogP contribution in [0.5, 0.6) is 0 Å². The highest BCUT2D eigenvalue weighted by Crippen LogP contribution is 2.36. The Labute approximate surface area is 123 Å². The number of pyridine rings is 1. The van der Waals surface area contributed by atoms with E-state index in [4.69, 9.17) is 46.4 Å². The molecule has 1 heterocycles. The van der Waals surface area contributed by atoms with Crippen LogP contribution in [-0.2, 0) is 0 Å². The average molecular weight is 321 g/mol. The maximum absolute atomic E-state index is 10.9. The molecule has 1 aromatic carbocycles. The first-order valence-electron chi connectivity index (χ1n) is 4.79. The zero-order chi connectivity index (χ0) is 13.3. The van der Waals surface area contributed by atoms with E-state index in [1.54, 1.807) is 18.2 Å². The molecule has 6 heteroatoms. The third-order valence-corrected chi connectivity index (χ3v) is 3.56. The molecule has 0 amide bonds. The smallest absolute Gasteiger partial charge is 0.153 e. The van der Waals surface area contributed by atoms with Crippen LogP contribution in [0.2, 0.25) is 20.1 Å². The van der Waals surface area contributed by atoms with Gasteiger partial charge in [-0.1, -0.05) is 46.4 Å². The van der Waals surface area contributed by atoms with Crippen LogP contribution >= 0.6 is 46.4 Å². The van der Waals surface area contributed by atoms with E-state index in [0.717, 1.165) is 0 Å². The lowest BCUT2D eigenvalue weighted by Crippen LogP contribution is -1.93. The van der Waals surface area contributed by atoms with Crippen LogP contribution < -0.4 is 0 Å². The molecule has 1 aromatic heterocycles. The molecular formula is C12H5Cl4NO. The Balaban J connectivity index is 2.72. The predicted molar refractivity (Wildman–Crippen MR) is 75.1 cm³/mol. The van der Waals surface area contributed by atoms with E-state index in [1.807, 2.05) is 0 Å². The molecule has 0 atom stereocenters. The summed E-state index contributed by atoms with van der Waals surface area (Å²) in [6, 6.07) is 4.91. The second-order valence-corrected chi connectivity index (χ2v) is 5.05. The van der Waals surface area contributed by atoms with E-state index in [-0.39, 0.29) is 15.6 Å². The van der Waals surface area contributed by atoms with E-state index in [0.29, 0.717) is 27.6 Å². The van der Waals surface area contributed by atoms with Gasteiger partial charge in [0, 0.05) is 16.8 Å². The Bertz CT molecular complexity index is 628. The monoisotopic (exact) mass is 319 g/mol. The number of aromatic nitrogens is 1. The van der Waals surface area contributed by atoms with E-state index in [1.165, 1.54) is 6.20 Å². The van der Waals surface area contributed by atoms with Gasteiger partial charge in [-0.25, -0.2) is 0 Å². The van der Waals surface area contributed by atoms with Gasteiger partial charge in [-0.15, -0.1) is 0 Å². The summed E-state index contributed by atoms with van der Waals surface area (Å²) in [6.45, 7) is 0. The molecule has 0 aliphatic carbocycles. The quantitative estimate of drug-likeness (QED) is 0.714. The molecule has 0 radical (unpaired) electrons. The van der Waals surface area contributed by atoms with Gasteiger partial charge in [0.2, 0.25) is 0 Å². The fraction of sp³-hybridized carbons (Fsp3) is 0. The van der Waals surface area contributed by atoms with Crippen molar-refractivity contribution in [1.29, 1.82) is 0 Å². The first kappa shape index (κ1) is 13.6. The highest BCUT2D eigenvalue weighted by Gasteiger charge is 2.15. The SMILES string of the molecule is O=Cc1c(Cl)cnc(-c2cc(Cl)ccc2Cl)c1Cl. The number of hydrogen-bond donors (Lipinski definition) is 0. The van der Waals surface area contributed by atoms with Crippen molar-refractivity contribution in [2.75, 3.05) is 0 Å². The van der Waals surface area contributed by atoms with Gasteiger partial charge in [0.05, 0.1) is 26.3 Å². The molecule has 0 spiro atoms. The van der Waals surface area contributed by atoms with Crippen LogP contribution in [0, 0.1) is 0 Å². The molecule has 92 valence electrons. The zero-order valence-corrected chi connectivity index (χ0v) is 11.8. The number of benzene rings is 1. The molecule has 0 unspecified atom stereocenters. The predicted octanol–water partition coefficient (Wildman–Crippen LogP) is 5.17. The van der Waals surface area contributed by atoms with Gasteiger partial charge in [0.15, 0.2) is 6.29 Å². The summed E-state index contributed by atoms with van der Waals surface area (Å²) in [5.74, 6) is 0. The van der Waals surface area contributed by atoms with Crippen LogP contribution in [0.4, 0.5) is 0 Å². The Morgan fingerprint density at radius 3 is 2.44 bits per heavy atom. The summed E-state index contributed by atoms with van der Waals surface area (Å²) in [5.41, 5.74) is 1.10. The molecule has 0 fully saturated rings. The lowest BCUT2D eigenvalue weighted by molar-refractivity contribution is 0.112. The minimum Gasteiger partial charge on any atom is -0.298 e. The topological polar surface area (TPSA) is 30.0 Å². The van der Waals surface area contributed by atoms with Crippen molar-refractivity contribution in [3.63, 3.8) is 0 Å². The Hall–Kier alpha value is -0.800. The number of rotatable bonds is 2. The molecule has 0 saturated heterocycles. The fourth-order valence-electron chi connectivity index (χ4n) is 1.45. The first-order valence-corrected chi connectivity index (χ1v) is 6.30. The summed E-state index contributed by atoms with van der Waals surface area (Å²) in [5, 5.41) is 1.28. The lowest BCUT2D eigenvalue weighted by atomic mass is 10.1. The maximum atomic E-state index is 10.9. The van der Waals surface area contributed by atoms with Crippen LogP contribution in [0.15, 0.2) is 24.4 Å². The third-order valence-electron chi connectivity index (χ3n) is 2.31. The summed E-state index contributed by atoms with van der Waals surface area (Å²) in [4.78, 5) is 15.0. The lowest BCUT2D eigenvalue weighted by Gasteiger charge is -2.08. The van der Waals surface area contributed by atoms with Gasteiger partial charge < -0.3 is 0 Å². The van der Waals surface area contributed by atoms with Crippen molar-refractivity contribution >= 4 is 52.7 Å². The van der Waals surface area contributed by atoms with E-state index < -0.39 is 0 Å². The number of carbonyl (C=O) groups excluding carboxylic acids is 1. The highest BCUT2D eigenvalue weighted by molar-refractivity contribution is 6.41. The molecule has 2 nitrogen and oxygen atoms in total. The number of carbonyl (C=O) groups is 1. The summed E-state index contributed by atoms with van der Waals surface area (Å²) < 4.78 is 0. The molecule has 2 aromatic rings. The number of aldehydes is 1. The Morgan fingerprint density at radius 2 is 1.78 bits per heavy atom. The van der Waals surface area contributed by atoms with Crippen molar-refractivity contribution < 1.29 is 4.79 Å². The van der Waals surface area contributed by atoms with Crippen LogP contribution in [-0.4, -0.2) is 11.3 Å². The number of hydrogen-bond acceptors (Lipinski definition) is 2. The van der Waals surface area contributed by atoms with Crippen molar-refractivity contribution in [3.8, 4) is 11.3 Å². The van der Waals surface area contributed by atoms with Gasteiger partial charge >= 0.3 is 0 Å². The number of halogens is 4. The normalized spacial score (nSPS) is 10.4. The Morgan fingerprint density at radius 1 is 1.06 bits per heavy atom. The average Bonchev–Trinajstić information content (AvgIpc) is 2.34. The minimum absolute atomic E-state index is 0.154. The second kappa shape index (κ2) is 5.45. The summed E-state index contributed by atoms with van der Waals surface area (Å²) in [7, 11) is 0. The molecule has 2 rings (SSSR count). The van der Waals surface area contributed by atoms with Crippen LogP contribution in [0.1, 0.15) is 10.4 Å². The van der Waals surface area contributed by atoms with Crippen molar-refractivity contribution in [2.24, 2.45) is 0 Å². The van der Waals surface area contributed by atoms with Gasteiger partial charge in [-0.05, 0) is 18.2 Å². The fourth-order valence-corrected chi connectivity index (χ4v) is 2.37. The van der Waals surface area contributed by atoms with Crippen molar-refractivity contribution in [3.05, 3.63) is 50.0 Å². The zero-order valence-electron chi connectivity index (χ0n) is 8.75. The van der Waals surface area contributed by atoms with Gasteiger partial charge in [0.25, 0.3) is 0 Å². The summed E-state index contributed by atoms with van der Waals surface area (Å²) >= 11 is 23.9. The Kier molecular flexibility index (Phi) is 4.13. The molecule has 0 aliphatic heterocycles. The van der Waals surface area contributed by atoms with Crippen molar-refractivity contribution in [1.82, 2.24) is 4.98 Å². The van der Waals surface area contributed by atoms with E-state index in [2.05, 4.69) is 4.98 Å². The minimum atomic E-state index is 0.154. The molecule has 0 N–H and O–H groups in total. The van der Waals surface area contributed by atoms with Gasteiger partial charge in [0.1, 0.15) is 0 Å². The molecular weight excluding hydrogens is 316 g/mol. The molecule has 0 saturated carbocycles. The standard InChI is InChI=1S/C12H5Cl4NO/c13-6-1-2-9(14)7(3-6)12-11(16)8(5-18)10(15)4-17-12/h1-5H. The van der Waals surface area contributed by atoms with Crippen molar-refractivity contribution in [2.45, 2.75) is 0 Å². The van der Waals surface area contributed by atoms with Crippen LogP contribution in [0.3, 0.4) is 0 Å². The van der Waals surface area contributed by atoms with Crippen LogP contribution in [0.25, 0.3) is 11.3 Å². The second-order valence-electron chi connectivity index (χ2n) is 3.42. The highest BCUT2D eigenvalue weighted by atomic mass is 35.5. The third kappa shape index (κ3) is 2.47. The molecule has 0 aliphatic rings. The largest absolute Gasteiger partial charge is 0.298 e. The molecule has 0 bridgehead atoms.